The van der Waals surface area contributed by atoms with Gasteiger partial charge in [0.1, 0.15) is 5.70 Å². The van der Waals surface area contributed by atoms with Gasteiger partial charge in [0.2, 0.25) is 11.7 Å². The second kappa shape index (κ2) is 7.26. The maximum Gasteiger partial charge on any atom is 0.273 e. The van der Waals surface area contributed by atoms with Crippen LogP contribution >= 0.6 is 0 Å². The van der Waals surface area contributed by atoms with E-state index in [0.29, 0.717) is 23.1 Å². The van der Waals surface area contributed by atoms with E-state index < -0.39 is 0 Å². The van der Waals surface area contributed by atoms with Gasteiger partial charge in [-0.3, -0.25) is 4.79 Å². The van der Waals surface area contributed by atoms with E-state index in [1.54, 1.807) is 20.2 Å². The summed E-state index contributed by atoms with van der Waals surface area (Å²) in [7, 11) is 1.71. The van der Waals surface area contributed by atoms with Crippen molar-refractivity contribution < 1.29 is 9.32 Å². The molecule has 7 nitrogen and oxygen atoms in total. The van der Waals surface area contributed by atoms with E-state index in [9.17, 15) is 4.79 Å². The fourth-order valence-electron chi connectivity index (χ4n) is 1.93. The highest BCUT2D eigenvalue weighted by Crippen LogP contribution is 2.23. The summed E-state index contributed by atoms with van der Waals surface area (Å²) in [6.45, 7) is 7.19. The van der Waals surface area contributed by atoms with Gasteiger partial charge >= 0.3 is 0 Å². The first-order valence-corrected chi connectivity index (χ1v) is 7.02. The Balaban J connectivity index is 2.27. The molecular formula is C16H19N5O2. The molecule has 0 spiro atoms. The maximum atomic E-state index is 12.3. The predicted molar refractivity (Wildman–Crippen MR) is 88.3 cm³/mol. The molecule has 0 aliphatic heterocycles. The molecule has 0 radical (unpaired) electrons. The third-order valence-corrected chi connectivity index (χ3v) is 3.06. The highest BCUT2D eigenvalue weighted by atomic mass is 16.5. The number of carbonyl (C=O) groups is 1. The minimum Gasteiger partial charge on any atom is -0.392 e. The smallest absolute Gasteiger partial charge is 0.273 e. The highest BCUT2D eigenvalue weighted by molar-refractivity contribution is 6.04. The molecule has 0 aliphatic carbocycles. The topological polar surface area (TPSA) is 92.1 Å². The van der Waals surface area contributed by atoms with Gasteiger partial charge in [0, 0.05) is 31.4 Å². The number of hydrogen-bond acceptors (Lipinski definition) is 6. The van der Waals surface area contributed by atoms with Gasteiger partial charge in [0.05, 0.1) is 0 Å². The van der Waals surface area contributed by atoms with E-state index in [2.05, 4.69) is 32.7 Å². The average Bonchev–Trinajstić information content (AvgIpc) is 2.95. The minimum absolute atomic E-state index is 0.288. The minimum atomic E-state index is -0.288. The van der Waals surface area contributed by atoms with E-state index in [1.165, 1.54) is 6.20 Å². The lowest BCUT2D eigenvalue weighted by atomic mass is 10.1. The van der Waals surface area contributed by atoms with Crippen molar-refractivity contribution in [2.24, 2.45) is 0 Å². The first-order chi connectivity index (χ1) is 11.0. The first-order valence-electron chi connectivity index (χ1n) is 7.02. The molecule has 0 saturated heterocycles. The Kier molecular flexibility index (Phi) is 5.14. The number of hydrogen-bond donors (Lipinski definition) is 3. The van der Waals surface area contributed by atoms with Crippen LogP contribution in [0.5, 0.6) is 0 Å². The summed E-state index contributed by atoms with van der Waals surface area (Å²) in [6.07, 6.45) is 2.99. The Morgan fingerprint density at radius 2 is 2.13 bits per heavy atom. The molecule has 1 aromatic heterocycles. The standard InChI is InChI=1S/C16H19N5O2/c1-5-18-14(9-17-4)16(22)20-13-8-12(7-6-10(13)2)15-19-11(3)23-21-15/h5-9,17-18H,1H2,2-4H3,(H,20,22)/b14-9-. The first kappa shape index (κ1) is 16.3. The van der Waals surface area contributed by atoms with Crippen LogP contribution in [-0.4, -0.2) is 23.1 Å². The molecule has 3 N–H and O–H groups in total. The third kappa shape index (κ3) is 3.97. The monoisotopic (exact) mass is 313 g/mol. The van der Waals surface area contributed by atoms with Crippen molar-refractivity contribution in [2.75, 3.05) is 12.4 Å². The molecule has 0 aliphatic rings. The number of nitrogens with zero attached hydrogens (tertiary/aromatic N) is 2. The van der Waals surface area contributed by atoms with Gasteiger partial charge in [-0.05, 0) is 24.8 Å². The van der Waals surface area contributed by atoms with Crippen molar-refractivity contribution in [1.82, 2.24) is 20.8 Å². The molecule has 0 atom stereocenters. The summed E-state index contributed by atoms with van der Waals surface area (Å²) >= 11 is 0. The Bertz CT molecular complexity index is 749. The average molecular weight is 313 g/mol. The number of anilines is 1. The van der Waals surface area contributed by atoms with Crippen LogP contribution in [0.25, 0.3) is 11.4 Å². The Labute approximate surface area is 134 Å². The molecular weight excluding hydrogens is 294 g/mol. The Morgan fingerprint density at radius 1 is 1.35 bits per heavy atom. The quantitative estimate of drug-likeness (QED) is 0.707. The van der Waals surface area contributed by atoms with E-state index in [0.717, 1.165) is 11.1 Å². The van der Waals surface area contributed by atoms with Crippen molar-refractivity contribution in [1.29, 1.82) is 0 Å². The third-order valence-electron chi connectivity index (χ3n) is 3.06. The number of aryl methyl sites for hydroxylation is 2. The number of amides is 1. The molecule has 0 bridgehead atoms. The van der Waals surface area contributed by atoms with Gasteiger partial charge in [-0.1, -0.05) is 23.9 Å². The van der Waals surface area contributed by atoms with Gasteiger partial charge in [0.15, 0.2) is 0 Å². The Hall–Kier alpha value is -3.09. The number of nitrogens with one attached hydrogen (secondary N) is 3. The normalized spacial score (nSPS) is 11.0. The van der Waals surface area contributed by atoms with Crippen LogP contribution in [0.15, 0.2) is 47.4 Å². The molecule has 120 valence electrons. The summed E-state index contributed by atoms with van der Waals surface area (Å²) in [6, 6.07) is 5.57. The van der Waals surface area contributed by atoms with Gasteiger partial charge in [0.25, 0.3) is 5.91 Å². The lowest BCUT2D eigenvalue weighted by Gasteiger charge is -2.11. The summed E-state index contributed by atoms with van der Waals surface area (Å²) in [4.78, 5) is 16.5. The molecule has 0 unspecified atom stereocenters. The maximum absolute atomic E-state index is 12.3. The molecule has 1 amide bonds. The van der Waals surface area contributed by atoms with Gasteiger partial charge in [-0.2, -0.15) is 4.98 Å². The van der Waals surface area contributed by atoms with Gasteiger partial charge in [-0.15, -0.1) is 0 Å². The van der Waals surface area contributed by atoms with Crippen molar-refractivity contribution in [3.8, 4) is 11.4 Å². The molecule has 1 aromatic carbocycles. The van der Waals surface area contributed by atoms with Crippen molar-refractivity contribution in [3.05, 3.63) is 54.3 Å². The van der Waals surface area contributed by atoms with Crippen LogP contribution in [0.3, 0.4) is 0 Å². The number of carbonyl (C=O) groups excluding carboxylic acids is 1. The zero-order valence-electron chi connectivity index (χ0n) is 13.3. The van der Waals surface area contributed by atoms with Crippen LogP contribution in [-0.2, 0) is 4.79 Å². The molecule has 1 heterocycles. The van der Waals surface area contributed by atoms with Crippen LogP contribution in [0.1, 0.15) is 11.5 Å². The summed E-state index contributed by atoms with van der Waals surface area (Å²) in [5.74, 6) is 0.678. The predicted octanol–water partition coefficient (Wildman–Crippen LogP) is 2.09. The fraction of sp³-hybridized carbons (Fsp3) is 0.188. The van der Waals surface area contributed by atoms with Crippen LogP contribution < -0.4 is 16.0 Å². The van der Waals surface area contributed by atoms with E-state index in [1.807, 2.05) is 25.1 Å². The number of rotatable bonds is 6. The van der Waals surface area contributed by atoms with Gasteiger partial charge in [-0.25, -0.2) is 0 Å². The lowest BCUT2D eigenvalue weighted by Crippen LogP contribution is -2.24. The van der Waals surface area contributed by atoms with Crippen LogP contribution in [0, 0.1) is 13.8 Å². The molecule has 23 heavy (non-hydrogen) atoms. The zero-order valence-corrected chi connectivity index (χ0v) is 13.3. The molecule has 0 fully saturated rings. The molecule has 2 rings (SSSR count). The van der Waals surface area contributed by atoms with E-state index in [4.69, 9.17) is 4.52 Å². The summed E-state index contributed by atoms with van der Waals surface area (Å²) in [5.41, 5.74) is 2.70. The van der Waals surface area contributed by atoms with Crippen molar-refractivity contribution in [2.45, 2.75) is 13.8 Å². The van der Waals surface area contributed by atoms with Crippen molar-refractivity contribution in [3.63, 3.8) is 0 Å². The summed E-state index contributed by atoms with van der Waals surface area (Å²) in [5, 5.41) is 12.3. The zero-order chi connectivity index (χ0) is 16.8. The number of benzene rings is 1. The van der Waals surface area contributed by atoms with E-state index in [-0.39, 0.29) is 5.91 Å². The second-order valence-corrected chi connectivity index (χ2v) is 4.82. The largest absolute Gasteiger partial charge is 0.392 e. The lowest BCUT2D eigenvalue weighted by molar-refractivity contribution is -0.113. The SMILES string of the molecule is C=CN/C(=C\NC)C(=O)Nc1cc(-c2noc(C)n2)ccc1C. The Morgan fingerprint density at radius 3 is 2.74 bits per heavy atom. The molecule has 2 aromatic rings. The van der Waals surface area contributed by atoms with E-state index >= 15 is 0 Å². The highest BCUT2D eigenvalue weighted by Gasteiger charge is 2.12. The summed E-state index contributed by atoms with van der Waals surface area (Å²) < 4.78 is 4.99. The van der Waals surface area contributed by atoms with Crippen LogP contribution in [0.4, 0.5) is 5.69 Å². The fourth-order valence-corrected chi connectivity index (χ4v) is 1.93. The van der Waals surface area contributed by atoms with Crippen molar-refractivity contribution >= 4 is 11.6 Å². The molecule has 7 heteroatoms. The van der Waals surface area contributed by atoms with Gasteiger partial charge < -0.3 is 20.5 Å². The number of aromatic nitrogens is 2. The second-order valence-electron chi connectivity index (χ2n) is 4.82. The molecule has 0 saturated carbocycles. The van der Waals surface area contributed by atoms with Crippen LogP contribution in [0.2, 0.25) is 0 Å².